The summed E-state index contributed by atoms with van der Waals surface area (Å²) in [7, 11) is 0. The highest BCUT2D eigenvalue weighted by atomic mass is 79.9. The lowest BCUT2D eigenvalue weighted by molar-refractivity contribution is 0.615. The average Bonchev–Trinajstić information content (AvgIpc) is 2.71. The van der Waals surface area contributed by atoms with Gasteiger partial charge in [0, 0.05) is 11.9 Å². The highest BCUT2D eigenvalue weighted by Crippen LogP contribution is 2.20. The summed E-state index contributed by atoms with van der Waals surface area (Å²) >= 11 is 4.98. The summed E-state index contributed by atoms with van der Waals surface area (Å²) in [6, 6.07) is 0. The van der Waals surface area contributed by atoms with Gasteiger partial charge in [-0.3, -0.25) is 0 Å². The molecule has 5 heteroatoms. The molecule has 0 radical (unpaired) electrons. The van der Waals surface area contributed by atoms with E-state index in [-0.39, 0.29) is 0 Å². The molecule has 0 saturated carbocycles. The summed E-state index contributed by atoms with van der Waals surface area (Å²) in [5, 5.41) is 9.70. The zero-order valence-electron chi connectivity index (χ0n) is 7.22. The van der Waals surface area contributed by atoms with Crippen LogP contribution in [0, 0.1) is 5.92 Å². The quantitative estimate of drug-likeness (QED) is 0.874. The fraction of sp³-hybridized carbons (Fsp3) is 0.625. The maximum atomic E-state index is 4.28. The zero-order chi connectivity index (χ0) is 9.10. The summed E-state index contributed by atoms with van der Waals surface area (Å²) < 4.78 is 0.921. The summed E-state index contributed by atoms with van der Waals surface area (Å²) in [5.41, 5.74) is 0. The third-order valence-corrected chi connectivity index (χ3v) is 3.69. The lowest BCUT2D eigenvalue weighted by Gasteiger charge is -2.07. The zero-order valence-corrected chi connectivity index (χ0v) is 9.62. The lowest BCUT2D eigenvalue weighted by atomic mass is 10.1. The predicted octanol–water partition coefficient (Wildman–Crippen LogP) is 1.93. The van der Waals surface area contributed by atoms with Gasteiger partial charge in [0.2, 0.25) is 0 Å². The Morgan fingerprint density at radius 3 is 3.31 bits per heavy atom. The van der Waals surface area contributed by atoms with Gasteiger partial charge in [0.15, 0.2) is 5.13 Å². The van der Waals surface area contributed by atoms with Crippen LogP contribution in [0.4, 0.5) is 5.13 Å². The van der Waals surface area contributed by atoms with Crippen molar-refractivity contribution in [2.75, 3.05) is 25.0 Å². The molecule has 1 atom stereocenters. The Morgan fingerprint density at radius 1 is 1.77 bits per heavy atom. The van der Waals surface area contributed by atoms with E-state index in [2.05, 4.69) is 31.5 Å². The van der Waals surface area contributed by atoms with Gasteiger partial charge >= 0.3 is 0 Å². The van der Waals surface area contributed by atoms with Gasteiger partial charge in [0.25, 0.3) is 0 Å². The van der Waals surface area contributed by atoms with Gasteiger partial charge in [0.05, 0.1) is 0 Å². The molecule has 0 aliphatic carbocycles. The van der Waals surface area contributed by atoms with E-state index in [1.54, 1.807) is 11.3 Å². The van der Waals surface area contributed by atoms with E-state index in [0.29, 0.717) is 0 Å². The normalized spacial score (nSPS) is 22.1. The first-order valence-corrected chi connectivity index (χ1v) is 6.07. The number of rotatable bonds is 3. The Balaban J connectivity index is 1.78. The van der Waals surface area contributed by atoms with Crippen LogP contribution in [0.2, 0.25) is 0 Å². The summed E-state index contributed by atoms with van der Waals surface area (Å²) in [5.74, 6) is 0.766. The largest absolute Gasteiger partial charge is 0.361 e. The van der Waals surface area contributed by atoms with E-state index in [1.165, 1.54) is 6.42 Å². The minimum absolute atomic E-state index is 0.766. The average molecular weight is 262 g/mol. The molecular weight excluding hydrogens is 250 g/mol. The van der Waals surface area contributed by atoms with E-state index >= 15 is 0 Å². The first-order valence-electron chi connectivity index (χ1n) is 4.40. The summed E-state index contributed by atoms with van der Waals surface area (Å²) in [6.45, 7) is 3.33. The third-order valence-electron chi connectivity index (χ3n) is 2.18. The Labute approximate surface area is 90.1 Å². The fourth-order valence-electron chi connectivity index (χ4n) is 1.46. The number of nitrogens with one attached hydrogen (secondary N) is 2. The van der Waals surface area contributed by atoms with Crippen molar-refractivity contribution in [1.29, 1.82) is 0 Å². The van der Waals surface area contributed by atoms with Gasteiger partial charge in [-0.05, 0) is 41.4 Å². The van der Waals surface area contributed by atoms with Crippen molar-refractivity contribution >= 4 is 32.4 Å². The Hall–Kier alpha value is -0.130. The van der Waals surface area contributed by atoms with Gasteiger partial charge in [-0.1, -0.05) is 0 Å². The minimum atomic E-state index is 0.766. The molecule has 1 saturated heterocycles. The van der Waals surface area contributed by atoms with Crippen molar-refractivity contribution in [3.8, 4) is 0 Å². The Morgan fingerprint density at radius 2 is 2.69 bits per heavy atom. The van der Waals surface area contributed by atoms with Crippen LogP contribution in [-0.2, 0) is 0 Å². The van der Waals surface area contributed by atoms with Crippen LogP contribution in [-0.4, -0.2) is 24.6 Å². The van der Waals surface area contributed by atoms with E-state index in [4.69, 9.17) is 0 Å². The molecule has 0 amide bonds. The summed E-state index contributed by atoms with van der Waals surface area (Å²) in [6.07, 6.45) is 1.28. The van der Waals surface area contributed by atoms with Crippen LogP contribution in [0.15, 0.2) is 9.98 Å². The molecule has 72 valence electrons. The van der Waals surface area contributed by atoms with E-state index in [0.717, 1.165) is 35.3 Å². The summed E-state index contributed by atoms with van der Waals surface area (Å²) in [4.78, 5) is 4.28. The second kappa shape index (κ2) is 4.39. The first-order chi connectivity index (χ1) is 6.34. The second-order valence-electron chi connectivity index (χ2n) is 3.22. The molecule has 2 rings (SSSR count). The molecule has 0 aromatic carbocycles. The minimum Gasteiger partial charge on any atom is -0.361 e. The highest BCUT2D eigenvalue weighted by molar-refractivity contribution is 9.10. The van der Waals surface area contributed by atoms with Crippen molar-refractivity contribution in [1.82, 2.24) is 10.3 Å². The number of nitrogens with zero attached hydrogens (tertiary/aromatic N) is 1. The number of aromatic nitrogens is 1. The van der Waals surface area contributed by atoms with E-state index in [1.807, 2.05) is 5.38 Å². The molecule has 2 N–H and O–H groups in total. The van der Waals surface area contributed by atoms with Crippen LogP contribution in [0.25, 0.3) is 0 Å². The molecule has 2 heterocycles. The van der Waals surface area contributed by atoms with Crippen LogP contribution in [0.5, 0.6) is 0 Å². The number of hydrogen-bond acceptors (Lipinski definition) is 4. The Bertz CT molecular complexity index is 270. The molecule has 0 spiro atoms. The van der Waals surface area contributed by atoms with Gasteiger partial charge in [-0.25, -0.2) is 4.98 Å². The second-order valence-corrected chi connectivity index (χ2v) is 4.89. The van der Waals surface area contributed by atoms with Crippen molar-refractivity contribution < 1.29 is 0 Å². The molecule has 0 bridgehead atoms. The van der Waals surface area contributed by atoms with Crippen molar-refractivity contribution in [3.63, 3.8) is 0 Å². The fourth-order valence-corrected chi connectivity index (χ4v) is 2.61. The van der Waals surface area contributed by atoms with E-state index in [9.17, 15) is 0 Å². The number of hydrogen-bond donors (Lipinski definition) is 2. The molecule has 3 nitrogen and oxygen atoms in total. The topological polar surface area (TPSA) is 37.0 Å². The molecular formula is C8H12BrN3S. The predicted molar refractivity (Wildman–Crippen MR) is 59.3 cm³/mol. The van der Waals surface area contributed by atoms with Crippen molar-refractivity contribution in [2.24, 2.45) is 5.92 Å². The Kier molecular flexibility index (Phi) is 3.18. The van der Waals surface area contributed by atoms with Crippen LogP contribution in [0.3, 0.4) is 0 Å². The van der Waals surface area contributed by atoms with Gasteiger partial charge < -0.3 is 10.6 Å². The number of anilines is 1. The monoisotopic (exact) mass is 261 g/mol. The van der Waals surface area contributed by atoms with Gasteiger partial charge in [-0.2, -0.15) is 0 Å². The number of halogens is 1. The molecule has 1 unspecified atom stereocenters. The molecule has 1 aliphatic heterocycles. The molecule has 1 aromatic rings. The molecule has 13 heavy (non-hydrogen) atoms. The lowest BCUT2D eigenvalue weighted by Crippen LogP contribution is -2.17. The van der Waals surface area contributed by atoms with Crippen molar-refractivity contribution in [2.45, 2.75) is 6.42 Å². The molecule has 1 aromatic heterocycles. The molecule has 1 aliphatic rings. The standard InChI is InChI=1S/C8H12BrN3S/c9-7-5-13-8(12-7)11-4-6-1-2-10-3-6/h5-6,10H,1-4H2,(H,11,12). The van der Waals surface area contributed by atoms with Crippen molar-refractivity contribution in [3.05, 3.63) is 9.98 Å². The van der Waals surface area contributed by atoms with Crippen LogP contribution < -0.4 is 10.6 Å². The SMILES string of the molecule is Brc1csc(NCC2CCNC2)n1. The highest BCUT2D eigenvalue weighted by Gasteiger charge is 2.14. The van der Waals surface area contributed by atoms with Crippen LogP contribution in [0.1, 0.15) is 6.42 Å². The smallest absolute Gasteiger partial charge is 0.183 e. The van der Waals surface area contributed by atoms with Gasteiger partial charge in [0.1, 0.15) is 4.60 Å². The first kappa shape index (κ1) is 9.43. The number of thiazole rings is 1. The maximum absolute atomic E-state index is 4.28. The van der Waals surface area contributed by atoms with E-state index < -0.39 is 0 Å². The molecule has 1 fully saturated rings. The van der Waals surface area contributed by atoms with Crippen LogP contribution >= 0.6 is 27.3 Å². The van der Waals surface area contributed by atoms with Gasteiger partial charge in [-0.15, -0.1) is 11.3 Å². The maximum Gasteiger partial charge on any atom is 0.183 e. The third kappa shape index (κ3) is 2.65.